The van der Waals surface area contributed by atoms with Crippen LogP contribution in [0.4, 0.5) is 11.4 Å². The molecule has 2 aromatic rings. The van der Waals surface area contributed by atoms with Crippen LogP contribution >= 0.6 is 11.6 Å². The van der Waals surface area contributed by atoms with Gasteiger partial charge in [0, 0.05) is 50.0 Å². The highest BCUT2D eigenvalue weighted by Crippen LogP contribution is 2.28. The van der Waals surface area contributed by atoms with Crippen LogP contribution in [0.25, 0.3) is 0 Å². The van der Waals surface area contributed by atoms with Crippen molar-refractivity contribution in [2.75, 3.05) is 56.6 Å². The number of carbonyl (C=O) groups excluding carboxylic acids is 2. The molecule has 154 valence electrons. The van der Waals surface area contributed by atoms with Gasteiger partial charge in [-0.25, -0.2) is 0 Å². The number of halogens is 1. The molecule has 0 spiro atoms. The van der Waals surface area contributed by atoms with Crippen LogP contribution in [0.1, 0.15) is 0 Å². The zero-order valence-electron chi connectivity index (χ0n) is 16.4. The van der Waals surface area contributed by atoms with Gasteiger partial charge in [0.1, 0.15) is 5.75 Å². The summed E-state index contributed by atoms with van der Waals surface area (Å²) < 4.78 is 5.44. The summed E-state index contributed by atoms with van der Waals surface area (Å²) >= 11 is 5.88. The van der Waals surface area contributed by atoms with Gasteiger partial charge in [0.15, 0.2) is 0 Å². The van der Waals surface area contributed by atoms with Gasteiger partial charge < -0.3 is 20.3 Å². The highest BCUT2D eigenvalue weighted by atomic mass is 35.5. The van der Waals surface area contributed by atoms with Crippen molar-refractivity contribution in [3.05, 3.63) is 53.6 Å². The SMILES string of the molecule is COc1ccccc1N1CCN(CCNC(=O)C(=O)Nc2cccc(Cl)c2)CC1. The largest absolute Gasteiger partial charge is 0.495 e. The van der Waals surface area contributed by atoms with Crippen LogP contribution in [-0.4, -0.2) is 63.1 Å². The van der Waals surface area contributed by atoms with Gasteiger partial charge in [-0.2, -0.15) is 0 Å². The monoisotopic (exact) mass is 416 g/mol. The lowest BCUT2D eigenvalue weighted by atomic mass is 10.2. The van der Waals surface area contributed by atoms with Gasteiger partial charge in [0.25, 0.3) is 0 Å². The summed E-state index contributed by atoms with van der Waals surface area (Å²) in [6.45, 7) is 4.62. The van der Waals surface area contributed by atoms with E-state index in [1.807, 2.05) is 18.2 Å². The van der Waals surface area contributed by atoms with Crippen molar-refractivity contribution in [2.45, 2.75) is 0 Å². The number of ether oxygens (including phenoxy) is 1. The van der Waals surface area contributed by atoms with E-state index in [1.165, 1.54) is 0 Å². The van der Waals surface area contributed by atoms with Crippen molar-refractivity contribution < 1.29 is 14.3 Å². The van der Waals surface area contributed by atoms with Gasteiger partial charge in [-0.15, -0.1) is 0 Å². The summed E-state index contributed by atoms with van der Waals surface area (Å²) in [5.41, 5.74) is 1.59. The molecule has 1 heterocycles. The molecule has 7 nitrogen and oxygen atoms in total. The first-order valence-electron chi connectivity index (χ1n) is 9.52. The fourth-order valence-corrected chi connectivity index (χ4v) is 3.46. The summed E-state index contributed by atoms with van der Waals surface area (Å²) in [5, 5.41) is 5.70. The third-order valence-electron chi connectivity index (χ3n) is 4.80. The molecule has 1 saturated heterocycles. The van der Waals surface area contributed by atoms with Crippen LogP contribution in [0.3, 0.4) is 0 Å². The number of para-hydroxylation sites is 2. The molecule has 1 fully saturated rings. The van der Waals surface area contributed by atoms with Gasteiger partial charge >= 0.3 is 11.8 Å². The molecule has 1 aliphatic rings. The molecule has 3 rings (SSSR count). The van der Waals surface area contributed by atoms with E-state index < -0.39 is 11.8 Å². The Labute approximate surface area is 175 Å². The van der Waals surface area contributed by atoms with E-state index in [0.29, 0.717) is 23.8 Å². The van der Waals surface area contributed by atoms with Crippen LogP contribution in [0.2, 0.25) is 5.02 Å². The summed E-state index contributed by atoms with van der Waals surface area (Å²) in [6.07, 6.45) is 0. The van der Waals surface area contributed by atoms with Crippen LogP contribution in [0.5, 0.6) is 5.75 Å². The second kappa shape index (κ2) is 10.1. The molecule has 0 unspecified atom stereocenters. The maximum absolute atomic E-state index is 12.0. The second-order valence-electron chi connectivity index (χ2n) is 6.72. The van der Waals surface area contributed by atoms with Crippen LogP contribution < -0.4 is 20.3 Å². The van der Waals surface area contributed by atoms with Gasteiger partial charge in [0.2, 0.25) is 0 Å². The molecule has 0 saturated carbocycles. The van der Waals surface area contributed by atoms with Crippen molar-refractivity contribution in [1.82, 2.24) is 10.2 Å². The Morgan fingerprint density at radius 3 is 2.52 bits per heavy atom. The average Bonchev–Trinajstić information content (AvgIpc) is 2.74. The molecule has 2 aromatic carbocycles. The Morgan fingerprint density at radius 1 is 1.03 bits per heavy atom. The molecule has 0 bridgehead atoms. The van der Waals surface area contributed by atoms with Crippen LogP contribution in [0, 0.1) is 0 Å². The first-order chi connectivity index (χ1) is 14.1. The third kappa shape index (κ3) is 5.85. The fraction of sp³-hybridized carbons (Fsp3) is 0.333. The smallest absolute Gasteiger partial charge is 0.313 e. The van der Waals surface area contributed by atoms with E-state index in [1.54, 1.807) is 31.4 Å². The van der Waals surface area contributed by atoms with Crippen LogP contribution in [0.15, 0.2) is 48.5 Å². The topological polar surface area (TPSA) is 73.9 Å². The summed E-state index contributed by atoms with van der Waals surface area (Å²) in [7, 11) is 1.68. The maximum Gasteiger partial charge on any atom is 0.313 e. The number of nitrogens with one attached hydrogen (secondary N) is 2. The molecular weight excluding hydrogens is 392 g/mol. The summed E-state index contributed by atoms with van der Waals surface area (Å²) in [4.78, 5) is 28.5. The molecule has 0 aromatic heterocycles. The third-order valence-corrected chi connectivity index (χ3v) is 5.04. The number of carbonyl (C=O) groups is 2. The van der Waals surface area contributed by atoms with Crippen molar-refractivity contribution in [1.29, 1.82) is 0 Å². The maximum atomic E-state index is 12.0. The quantitative estimate of drug-likeness (QED) is 0.706. The number of benzene rings is 2. The molecular formula is C21H25ClN4O3. The van der Waals surface area contributed by atoms with Gasteiger partial charge in [0.05, 0.1) is 12.8 Å². The molecule has 0 aliphatic carbocycles. The lowest BCUT2D eigenvalue weighted by molar-refractivity contribution is -0.136. The minimum atomic E-state index is -0.701. The van der Waals surface area contributed by atoms with Crippen LogP contribution in [-0.2, 0) is 9.59 Å². The van der Waals surface area contributed by atoms with E-state index in [4.69, 9.17) is 16.3 Å². The predicted molar refractivity (Wildman–Crippen MR) is 115 cm³/mol. The van der Waals surface area contributed by atoms with E-state index >= 15 is 0 Å². The number of piperazine rings is 1. The van der Waals surface area contributed by atoms with Crippen molar-refractivity contribution in [2.24, 2.45) is 0 Å². The van der Waals surface area contributed by atoms with Crippen molar-refractivity contribution in [3.63, 3.8) is 0 Å². The molecule has 0 atom stereocenters. The molecule has 2 amide bonds. The number of methoxy groups -OCH3 is 1. The zero-order chi connectivity index (χ0) is 20.6. The zero-order valence-corrected chi connectivity index (χ0v) is 17.1. The Kier molecular flexibility index (Phi) is 7.32. The number of hydrogen-bond acceptors (Lipinski definition) is 5. The average molecular weight is 417 g/mol. The van der Waals surface area contributed by atoms with E-state index in [-0.39, 0.29) is 0 Å². The van der Waals surface area contributed by atoms with E-state index in [2.05, 4.69) is 26.5 Å². The molecule has 29 heavy (non-hydrogen) atoms. The Hall–Kier alpha value is -2.77. The molecule has 1 aliphatic heterocycles. The predicted octanol–water partition coefficient (Wildman–Crippen LogP) is 2.23. The van der Waals surface area contributed by atoms with Crippen molar-refractivity contribution >= 4 is 34.8 Å². The Morgan fingerprint density at radius 2 is 1.79 bits per heavy atom. The highest BCUT2D eigenvalue weighted by Gasteiger charge is 2.20. The lowest BCUT2D eigenvalue weighted by Gasteiger charge is -2.36. The first kappa shape index (κ1) is 21.0. The molecule has 8 heteroatoms. The lowest BCUT2D eigenvalue weighted by Crippen LogP contribution is -2.49. The Bertz CT molecular complexity index is 853. The van der Waals surface area contributed by atoms with Gasteiger partial charge in [-0.1, -0.05) is 29.8 Å². The standard InChI is InChI=1S/C21H25ClN4O3/c1-29-19-8-3-2-7-18(19)26-13-11-25(12-14-26)10-9-23-20(27)21(28)24-17-6-4-5-16(22)15-17/h2-8,15H,9-14H2,1H3,(H,23,27)(H,24,28). The van der Waals surface area contributed by atoms with Gasteiger partial charge in [-0.3, -0.25) is 14.5 Å². The number of amides is 2. The van der Waals surface area contributed by atoms with Crippen molar-refractivity contribution in [3.8, 4) is 5.75 Å². The Balaban J connectivity index is 1.39. The minimum Gasteiger partial charge on any atom is -0.495 e. The number of nitrogens with zero attached hydrogens (tertiary/aromatic N) is 2. The summed E-state index contributed by atoms with van der Waals surface area (Å²) in [6, 6.07) is 14.7. The minimum absolute atomic E-state index is 0.413. The molecule has 0 radical (unpaired) electrons. The first-order valence-corrected chi connectivity index (χ1v) is 9.89. The highest BCUT2D eigenvalue weighted by molar-refractivity contribution is 6.39. The summed E-state index contributed by atoms with van der Waals surface area (Å²) in [5.74, 6) is -0.482. The number of hydrogen-bond donors (Lipinski definition) is 2. The fourth-order valence-electron chi connectivity index (χ4n) is 3.27. The van der Waals surface area contributed by atoms with E-state index in [9.17, 15) is 9.59 Å². The second-order valence-corrected chi connectivity index (χ2v) is 7.16. The normalized spacial score (nSPS) is 14.3. The number of rotatable bonds is 6. The van der Waals surface area contributed by atoms with Gasteiger partial charge in [-0.05, 0) is 30.3 Å². The molecule has 2 N–H and O–H groups in total. The number of anilines is 2. The van der Waals surface area contributed by atoms with E-state index in [0.717, 1.165) is 37.6 Å².